The van der Waals surface area contributed by atoms with Gasteiger partial charge in [0.05, 0.1) is 12.8 Å². The lowest BCUT2D eigenvalue weighted by Crippen LogP contribution is -2.04. The van der Waals surface area contributed by atoms with Gasteiger partial charge in [0.15, 0.2) is 0 Å². The Bertz CT molecular complexity index is 1090. The Morgan fingerprint density at radius 2 is 1.81 bits per heavy atom. The van der Waals surface area contributed by atoms with Crippen molar-refractivity contribution in [3.05, 3.63) is 77.9 Å². The fraction of sp³-hybridized carbons (Fsp3) is 0.0500. The Balaban J connectivity index is 1.52. The molecular weight excluding hydrogens is 362 g/mol. The number of rotatable bonds is 5. The van der Waals surface area contributed by atoms with Crippen LogP contribution in [-0.4, -0.2) is 23.0 Å². The Kier molecular flexibility index (Phi) is 4.67. The second-order valence-corrected chi connectivity index (χ2v) is 7.15. The number of methoxy groups -OCH3 is 1. The summed E-state index contributed by atoms with van der Waals surface area (Å²) in [6.45, 7) is 0. The zero-order chi connectivity index (χ0) is 18.6. The van der Waals surface area contributed by atoms with Crippen LogP contribution < -0.4 is 9.46 Å². The molecule has 1 N–H and O–H groups in total. The van der Waals surface area contributed by atoms with E-state index in [2.05, 4.69) is 20.8 Å². The van der Waals surface area contributed by atoms with Gasteiger partial charge in [0.2, 0.25) is 10.6 Å². The molecule has 27 heavy (non-hydrogen) atoms. The van der Waals surface area contributed by atoms with Crippen molar-refractivity contribution in [1.82, 2.24) is 9.97 Å². The summed E-state index contributed by atoms with van der Waals surface area (Å²) >= 11 is 0. The summed E-state index contributed by atoms with van der Waals surface area (Å²) in [6.07, 6.45) is 1.57. The van der Waals surface area contributed by atoms with Crippen molar-refractivity contribution in [1.29, 1.82) is 0 Å². The van der Waals surface area contributed by atoms with Crippen LogP contribution in [0.4, 0.5) is 5.69 Å². The number of anilines is 1. The van der Waals surface area contributed by atoms with Crippen LogP contribution in [0.5, 0.6) is 11.6 Å². The van der Waals surface area contributed by atoms with E-state index >= 15 is 0 Å². The summed E-state index contributed by atoms with van der Waals surface area (Å²) in [5.41, 5.74) is 4.15. The average Bonchev–Trinajstić information content (AvgIpc) is 3.12. The summed E-state index contributed by atoms with van der Waals surface area (Å²) in [6, 6.07) is 18.8. The highest BCUT2D eigenvalue weighted by Crippen LogP contribution is 2.31. The smallest absolute Gasteiger partial charge is 0.343 e. The number of carbonyl (C=O) groups is 1. The SMILES string of the molecule is COC(=O)c1cccnc1Oc1ccc(N[s+]2cnc3ccccc32)cc1. The number of aromatic nitrogens is 2. The maximum absolute atomic E-state index is 11.8. The van der Waals surface area contributed by atoms with Gasteiger partial charge in [-0.2, -0.15) is 9.71 Å². The van der Waals surface area contributed by atoms with E-state index in [4.69, 9.17) is 9.47 Å². The number of nitrogens with zero attached hydrogens (tertiary/aromatic N) is 2. The lowest BCUT2D eigenvalue weighted by Gasteiger charge is -2.08. The number of esters is 1. The van der Waals surface area contributed by atoms with Gasteiger partial charge in [-0.15, -0.1) is 0 Å². The lowest BCUT2D eigenvalue weighted by molar-refractivity contribution is 0.0597. The first-order valence-corrected chi connectivity index (χ1v) is 9.47. The van der Waals surface area contributed by atoms with Crippen LogP contribution in [0, 0.1) is 0 Å². The van der Waals surface area contributed by atoms with E-state index in [0.29, 0.717) is 5.75 Å². The molecule has 0 fully saturated rings. The Labute approximate surface area is 158 Å². The Morgan fingerprint density at radius 3 is 2.63 bits per heavy atom. The van der Waals surface area contributed by atoms with Gasteiger partial charge in [-0.05, 0) is 42.5 Å². The molecule has 0 aliphatic rings. The van der Waals surface area contributed by atoms with Gasteiger partial charge in [0, 0.05) is 12.3 Å². The third kappa shape index (κ3) is 3.58. The molecule has 0 aliphatic carbocycles. The van der Waals surface area contributed by atoms with E-state index in [9.17, 15) is 4.79 Å². The summed E-state index contributed by atoms with van der Waals surface area (Å²) in [4.78, 5) is 20.4. The molecule has 4 rings (SSSR count). The molecule has 6 nitrogen and oxygen atoms in total. The van der Waals surface area contributed by atoms with Gasteiger partial charge in [-0.1, -0.05) is 12.1 Å². The van der Waals surface area contributed by atoms with E-state index in [1.54, 1.807) is 18.3 Å². The molecule has 0 saturated heterocycles. The predicted octanol–water partition coefficient (Wildman–Crippen LogP) is 4.83. The number of fused-ring (bicyclic) bond motifs is 1. The quantitative estimate of drug-likeness (QED) is 0.396. The molecule has 0 aliphatic heterocycles. The maximum atomic E-state index is 11.8. The summed E-state index contributed by atoms with van der Waals surface area (Å²) in [5.74, 6) is 0.300. The molecule has 0 bridgehead atoms. The van der Waals surface area contributed by atoms with Crippen molar-refractivity contribution in [3.8, 4) is 11.6 Å². The first-order valence-electron chi connectivity index (χ1n) is 8.19. The zero-order valence-corrected chi connectivity index (χ0v) is 15.3. The molecule has 1 unspecified atom stereocenters. The third-order valence-electron chi connectivity index (χ3n) is 3.87. The minimum atomic E-state index is -0.489. The maximum Gasteiger partial charge on any atom is 0.343 e. The van der Waals surface area contributed by atoms with Crippen molar-refractivity contribution in [2.75, 3.05) is 11.8 Å². The van der Waals surface area contributed by atoms with Crippen molar-refractivity contribution >= 4 is 32.5 Å². The van der Waals surface area contributed by atoms with E-state index < -0.39 is 5.97 Å². The Morgan fingerprint density at radius 1 is 1.00 bits per heavy atom. The summed E-state index contributed by atoms with van der Waals surface area (Å²) in [7, 11) is 1.06. The molecule has 2 aromatic carbocycles. The van der Waals surface area contributed by atoms with Crippen LogP contribution in [0.1, 0.15) is 10.4 Å². The molecular formula is C20H16N3O3S+. The molecule has 2 aromatic heterocycles. The number of pyridine rings is 1. The van der Waals surface area contributed by atoms with Crippen LogP contribution in [-0.2, 0) is 4.74 Å². The molecule has 4 aromatic rings. The van der Waals surface area contributed by atoms with Crippen molar-refractivity contribution in [3.63, 3.8) is 0 Å². The van der Waals surface area contributed by atoms with Crippen LogP contribution in [0.3, 0.4) is 0 Å². The first-order chi connectivity index (χ1) is 13.2. The molecule has 0 radical (unpaired) electrons. The van der Waals surface area contributed by atoms with Gasteiger partial charge in [-0.25, -0.2) is 9.78 Å². The van der Waals surface area contributed by atoms with Gasteiger partial charge in [0.1, 0.15) is 27.5 Å². The molecule has 7 heteroatoms. The van der Waals surface area contributed by atoms with E-state index in [1.807, 2.05) is 48.0 Å². The standard InChI is InChI=1S/C20H16N3O3S/c1-25-20(24)16-5-4-12-21-19(16)26-15-10-8-14(9-11-15)23-27-13-22-17-6-2-3-7-18(17)27/h2-13,23H,1H3/q+1. The zero-order valence-electron chi connectivity index (χ0n) is 14.5. The number of thiazole rings is 1. The van der Waals surface area contributed by atoms with Gasteiger partial charge >= 0.3 is 5.97 Å². The largest absolute Gasteiger partial charge is 0.465 e. The summed E-state index contributed by atoms with van der Waals surface area (Å²) in [5, 5.41) is 0. The molecule has 0 amide bonds. The van der Waals surface area contributed by atoms with E-state index in [1.165, 1.54) is 11.8 Å². The molecule has 134 valence electrons. The Hall–Kier alpha value is -3.45. The van der Waals surface area contributed by atoms with Crippen molar-refractivity contribution in [2.24, 2.45) is 0 Å². The highest BCUT2D eigenvalue weighted by Gasteiger charge is 2.16. The highest BCUT2D eigenvalue weighted by atomic mass is 32.2. The minimum Gasteiger partial charge on any atom is -0.465 e. The minimum absolute atomic E-state index is 0.212. The number of hydrogen-bond acceptors (Lipinski definition) is 6. The van der Waals surface area contributed by atoms with E-state index in [0.717, 1.165) is 11.2 Å². The predicted molar refractivity (Wildman–Crippen MR) is 105 cm³/mol. The molecule has 1 atom stereocenters. The number of nitrogens with one attached hydrogen (secondary N) is 1. The monoisotopic (exact) mass is 378 g/mol. The van der Waals surface area contributed by atoms with E-state index in [-0.39, 0.29) is 22.1 Å². The third-order valence-corrected chi connectivity index (χ3v) is 5.46. The fourth-order valence-corrected chi connectivity index (χ4v) is 4.02. The molecule has 0 spiro atoms. The molecule has 0 saturated carbocycles. The van der Waals surface area contributed by atoms with Crippen LogP contribution in [0.2, 0.25) is 0 Å². The number of para-hydroxylation sites is 1. The first kappa shape index (κ1) is 17.0. The second-order valence-electron chi connectivity index (χ2n) is 5.62. The van der Waals surface area contributed by atoms with Crippen molar-refractivity contribution in [2.45, 2.75) is 0 Å². The van der Waals surface area contributed by atoms with Gasteiger partial charge < -0.3 is 9.47 Å². The highest BCUT2D eigenvalue weighted by molar-refractivity contribution is 7.37. The van der Waals surface area contributed by atoms with Crippen LogP contribution in [0.25, 0.3) is 10.2 Å². The lowest BCUT2D eigenvalue weighted by atomic mass is 10.2. The number of benzene rings is 2. The summed E-state index contributed by atoms with van der Waals surface area (Å²) < 4.78 is 15.1. The normalized spacial score (nSPS) is 11.2. The van der Waals surface area contributed by atoms with Crippen molar-refractivity contribution < 1.29 is 14.3 Å². The fourth-order valence-electron chi connectivity index (χ4n) is 2.56. The van der Waals surface area contributed by atoms with Gasteiger partial charge in [0.25, 0.3) is 5.51 Å². The number of hydrogen-bond donors (Lipinski definition) is 1. The van der Waals surface area contributed by atoms with Gasteiger partial charge in [-0.3, -0.25) is 0 Å². The number of carbonyl (C=O) groups excluding carboxylic acids is 1. The van der Waals surface area contributed by atoms with Crippen LogP contribution >= 0.6 is 10.7 Å². The van der Waals surface area contributed by atoms with Crippen LogP contribution in [0.15, 0.2) is 72.4 Å². The topological polar surface area (TPSA) is 73.3 Å². The average molecular weight is 378 g/mol. The number of ether oxygens (including phenoxy) is 2. The second kappa shape index (κ2) is 7.43. The molecule has 2 heterocycles.